The molecule has 0 spiro atoms. The van der Waals surface area contributed by atoms with E-state index in [4.69, 9.17) is 4.74 Å². The first-order chi connectivity index (χ1) is 14.0. The quantitative estimate of drug-likeness (QED) is 0.798. The molecule has 0 saturated carbocycles. The molecule has 2 aromatic rings. The van der Waals surface area contributed by atoms with Crippen LogP contribution >= 0.6 is 0 Å². The average molecular weight is 396 g/mol. The molecule has 2 amide bonds. The molecule has 0 bridgehead atoms. The second kappa shape index (κ2) is 7.95. The number of aryl methyl sites for hydroxylation is 1. The van der Waals surface area contributed by atoms with Gasteiger partial charge in [-0.1, -0.05) is 30.3 Å². The Balaban J connectivity index is 1.44. The van der Waals surface area contributed by atoms with Gasteiger partial charge in [0.15, 0.2) is 0 Å². The number of likely N-dealkylation sites (tertiary alicyclic amines) is 1. The highest BCUT2D eigenvalue weighted by molar-refractivity contribution is 5.96. The van der Waals surface area contributed by atoms with Gasteiger partial charge in [-0.05, 0) is 49.6 Å². The Morgan fingerprint density at radius 2 is 2.00 bits per heavy atom. The number of amides is 2. The molecule has 2 atom stereocenters. The van der Waals surface area contributed by atoms with E-state index in [2.05, 4.69) is 0 Å². The predicted molar refractivity (Wildman–Crippen MR) is 108 cm³/mol. The number of piperidine rings is 1. The van der Waals surface area contributed by atoms with Gasteiger partial charge in [0, 0.05) is 18.7 Å². The van der Waals surface area contributed by atoms with Gasteiger partial charge in [-0.25, -0.2) is 4.39 Å². The molecule has 2 aromatic carbocycles. The smallest absolute Gasteiger partial charge is 0.253 e. The molecule has 2 saturated heterocycles. The molecule has 0 unspecified atom stereocenters. The fourth-order valence-electron chi connectivity index (χ4n) is 4.39. The summed E-state index contributed by atoms with van der Waals surface area (Å²) in [6.07, 6.45) is 1.48. The molecule has 2 aliphatic heterocycles. The summed E-state index contributed by atoms with van der Waals surface area (Å²) in [5.74, 6) is -0.310. The first-order valence-electron chi connectivity index (χ1n) is 9.99. The van der Waals surface area contributed by atoms with Crippen molar-refractivity contribution in [1.29, 1.82) is 0 Å². The maximum absolute atomic E-state index is 13.3. The standard InChI is InChI=1S/C23H25FN2O3/c1-23-16-25(21(27)11-10-17-6-5-7-18(24)14-17)13-12-20(23)26(22(28)15-29-23)19-8-3-2-4-9-19/h2-9,14,20H,10-13,15-16H2,1H3/t20-,23-/m1/s1. The molecule has 152 valence electrons. The zero-order valence-corrected chi connectivity index (χ0v) is 16.5. The van der Waals surface area contributed by atoms with E-state index in [0.29, 0.717) is 32.4 Å². The average Bonchev–Trinajstić information content (AvgIpc) is 2.72. The van der Waals surface area contributed by atoms with Gasteiger partial charge >= 0.3 is 0 Å². The van der Waals surface area contributed by atoms with Crippen molar-refractivity contribution in [2.24, 2.45) is 0 Å². The lowest BCUT2D eigenvalue weighted by Gasteiger charge is -2.52. The van der Waals surface area contributed by atoms with E-state index in [1.165, 1.54) is 12.1 Å². The molecule has 0 N–H and O–H groups in total. The number of morpholine rings is 1. The highest BCUT2D eigenvalue weighted by atomic mass is 19.1. The molecule has 0 radical (unpaired) electrons. The summed E-state index contributed by atoms with van der Waals surface area (Å²) in [4.78, 5) is 29.0. The Bertz CT molecular complexity index is 904. The summed E-state index contributed by atoms with van der Waals surface area (Å²) in [5.41, 5.74) is 1.06. The molecular formula is C23H25FN2O3. The fourth-order valence-corrected chi connectivity index (χ4v) is 4.39. The number of anilines is 1. The van der Waals surface area contributed by atoms with Gasteiger partial charge in [-0.2, -0.15) is 0 Å². The van der Waals surface area contributed by atoms with Crippen LogP contribution in [-0.4, -0.2) is 48.1 Å². The van der Waals surface area contributed by atoms with Crippen LogP contribution in [0.25, 0.3) is 0 Å². The summed E-state index contributed by atoms with van der Waals surface area (Å²) in [6.45, 7) is 3.00. The second-order valence-corrected chi connectivity index (χ2v) is 7.95. The number of para-hydroxylation sites is 1. The number of carbonyl (C=O) groups excluding carboxylic acids is 2. The third-order valence-electron chi connectivity index (χ3n) is 5.89. The maximum Gasteiger partial charge on any atom is 0.253 e. The van der Waals surface area contributed by atoms with Crippen LogP contribution in [0.3, 0.4) is 0 Å². The minimum atomic E-state index is -0.615. The monoisotopic (exact) mass is 396 g/mol. The lowest BCUT2D eigenvalue weighted by atomic mass is 9.85. The molecule has 2 fully saturated rings. The Hall–Kier alpha value is -2.73. The molecule has 0 aromatic heterocycles. The third-order valence-corrected chi connectivity index (χ3v) is 5.89. The number of benzene rings is 2. The first kappa shape index (κ1) is 19.6. The first-order valence-corrected chi connectivity index (χ1v) is 9.99. The zero-order chi connectivity index (χ0) is 20.4. The molecule has 5 nitrogen and oxygen atoms in total. The van der Waals surface area contributed by atoms with Gasteiger partial charge in [0.25, 0.3) is 5.91 Å². The van der Waals surface area contributed by atoms with Crippen molar-refractivity contribution in [3.8, 4) is 0 Å². The van der Waals surface area contributed by atoms with Gasteiger partial charge in [-0.3, -0.25) is 9.59 Å². The second-order valence-electron chi connectivity index (χ2n) is 7.95. The highest BCUT2D eigenvalue weighted by Gasteiger charge is 2.50. The Morgan fingerprint density at radius 1 is 1.21 bits per heavy atom. The van der Waals surface area contributed by atoms with Crippen molar-refractivity contribution >= 4 is 17.5 Å². The van der Waals surface area contributed by atoms with Gasteiger partial charge in [0.1, 0.15) is 18.0 Å². The van der Waals surface area contributed by atoms with Crippen molar-refractivity contribution in [1.82, 2.24) is 4.90 Å². The lowest BCUT2D eigenvalue weighted by molar-refractivity contribution is -0.158. The summed E-state index contributed by atoms with van der Waals surface area (Å²) in [7, 11) is 0. The number of carbonyl (C=O) groups is 2. The Labute approximate surface area is 170 Å². The van der Waals surface area contributed by atoms with E-state index in [1.54, 1.807) is 6.07 Å². The number of fused-ring (bicyclic) bond motifs is 1. The maximum atomic E-state index is 13.3. The third kappa shape index (κ3) is 4.03. The van der Waals surface area contributed by atoms with Gasteiger partial charge in [0.05, 0.1) is 12.6 Å². The van der Waals surface area contributed by atoms with Crippen molar-refractivity contribution in [3.63, 3.8) is 0 Å². The van der Waals surface area contributed by atoms with Crippen molar-refractivity contribution in [2.75, 3.05) is 24.6 Å². The van der Waals surface area contributed by atoms with E-state index in [0.717, 1.165) is 11.3 Å². The summed E-state index contributed by atoms with van der Waals surface area (Å²) in [6, 6.07) is 15.9. The highest BCUT2D eigenvalue weighted by Crippen LogP contribution is 2.36. The van der Waals surface area contributed by atoms with Crippen LogP contribution in [0.1, 0.15) is 25.3 Å². The number of ether oxygens (including phenoxy) is 1. The van der Waals surface area contributed by atoms with Crippen molar-refractivity contribution in [2.45, 2.75) is 37.8 Å². The van der Waals surface area contributed by atoms with Gasteiger partial charge < -0.3 is 14.5 Å². The number of halogens is 1. The largest absolute Gasteiger partial charge is 0.361 e. The molecule has 4 rings (SSSR count). The van der Waals surface area contributed by atoms with E-state index in [9.17, 15) is 14.0 Å². The van der Waals surface area contributed by atoms with E-state index >= 15 is 0 Å². The Kier molecular flexibility index (Phi) is 5.37. The summed E-state index contributed by atoms with van der Waals surface area (Å²) in [5, 5.41) is 0. The zero-order valence-electron chi connectivity index (χ0n) is 16.5. The minimum Gasteiger partial charge on any atom is -0.361 e. The number of nitrogens with zero attached hydrogens (tertiary/aromatic N) is 2. The van der Waals surface area contributed by atoms with Crippen LogP contribution in [0.5, 0.6) is 0 Å². The molecule has 0 aliphatic carbocycles. The van der Waals surface area contributed by atoms with Crippen LogP contribution in [0, 0.1) is 5.82 Å². The fraction of sp³-hybridized carbons (Fsp3) is 0.391. The minimum absolute atomic E-state index is 0.00716. The van der Waals surface area contributed by atoms with E-state index < -0.39 is 5.60 Å². The SMILES string of the molecule is C[C@@]12CN(C(=O)CCc3cccc(F)c3)CC[C@H]1N(c1ccccc1)C(=O)CO2. The summed E-state index contributed by atoms with van der Waals surface area (Å²) < 4.78 is 19.3. The van der Waals surface area contributed by atoms with Crippen LogP contribution in [0.2, 0.25) is 0 Å². The molecule has 2 heterocycles. The molecular weight excluding hydrogens is 371 g/mol. The number of hydrogen-bond acceptors (Lipinski definition) is 3. The van der Waals surface area contributed by atoms with Gasteiger partial charge in [0.2, 0.25) is 5.91 Å². The van der Waals surface area contributed by atoms with Crippen molar-refractivity contribution < 1.29 is 18.7 Å². The van der Waals surface area contributed by atoms with Crippen LogP contribution in [-0.2, 0) is 20.7 Å². The lowest BCUT2D eigenvalue weighted by Crippen LogP contribution is -2.68. The Morgan fingerprint density at radius 3 is 2.76 bits per heavy atom. The molecule has 29 heavy (non-hydrogen) atoms. The number of hydrogen-bond donors (Lipinski definition) is 0. The summed E-state index contributed by atoms with van der Waals surface area (Å²) >= 11 is 0. The molecule has 6 heteroatoms. The van der Waals surface area contributed by atoms with E-state index in [1.807, 2.05) is 53.1 Å². The normalized spacial score (nSPS) is 24.3. The van der Waals surface area contributed by atoms with Crippen LogP contribution < -0.4 is 4.90 Å². The molecule has 2 aliphatic rings. The van der Waals surface area contributed by atoms with E-state index in [-0.39, 0.29) is 30.3 Å². The van der Waals surface area contributed by atoms with Crippen LogP contribution in [0.15, 0.2) is 54.6 Å². The van der Waals surface area contributed by atoms with Crippen LogP contribution in [0.4, 0.5) is 10.1 Å². The topological polar surface area (TPSA) is 49.9 Å². The number of rotatable bonds is 4. The van der Waals surface area contributed by atoms with Crippen molar-refractivity contribution in [3.05, 3.63) is 66.0 Å². The predicted octanol–water partition coefficient (Wildman–Crippen LogP) is 3.18. The van der Waals surface area contributed by atoms with Gasteiger partial charge in [-0.15, -0.1) is 0 Å².